The maximum atomic E-state index is 12.4. The molecular formula is C17H13ClN2O3S2. The van der Waals surface area contributed by atoms with Crippen molar-refractivity contribution < 1.29 is 13.2 Å². The number of thiazole rings is 1. The highest BCUT2D eigenvalue weighted by Crippen LogP contribution is 2.26. The molecule has 0 aliphatic carbocycles. The lowest BCUT2D eigenvalue weighted by Gasteiger charge is -2.06. The van der Waals surface area contributed by atoms with Crippen LogP contribution < -0.4 is 5.32 Å². The first-order valence-electron chi connectivity index (χ1n) is 7.16. The lowest BCUT2D eigenvalue weighted by Crippen LogP contribution is -2.13. The van der Waals surface area contributed by atoms with Gasteiger partial charge in [0.2, 0.25) is 0 Å². The topological polar surface area (TPSA) is 76.1 Å². The SMILES string of the molecule is CS(=O)(=O)c1ccc(Cl)c(C(=O)Nc2nc(-c3ccccc3)cs2)c1. The lowest BCUT2D eigenvalue weighted by molar-refractivity contribution is 0.102. The molecule has 3 rings (SSSR count). The van der Waals surface area contributed by atoms with E-state index in [1.807, 2.05) is 35.7 Å². The summed E-state index contributed by atoms with van der Waals surface area (Å²) in [5, 5.41) is 5.07. The minimum Gasteiger partial charge on any atom is -0.298 e. The van der Waals surface area contributed by atoms with Crippen molar-refractivity contribution in [2.75, 3.05) is 11.6 Å². The van der Waals surface area contributed by atoms with Crippen LogP contribution in [-0.2, 0) is 9.84 Å². The molecule has 0 bridgehead atoms. The second-order valence-corrected chi connectivity index (χ2v) is 8.55. The van der Waals surface area contributed by atoms with E-state index in [1.165, 1.54) is 29.5 Å². The highest BCUT2D eigenvalue weighted by Gasteiger charge is 2.17. The number of rotatable bonds is 4. The third-order valence-electron chi connectivity index (χ3n) is 3.40. The van der Waals surface area contributed by atoms with Gasteiger partial charge in [0, 0.05) is 17.2 Å². The first-order valence-corrected chi connectivity index (χ1v) is 10.3. The average molecular weight is 393 g/mol. The summed E-state index contributed by atoms with van der Waals surface area (Å²) in [5.74, 6) is -0.510. The first-order chi connectivity index (χ1) is 11.8. The number of aromatic nitrogens is 1. The molecule has 0 aliphatic heterocycles. The molecule has 0 spiro atoms. The van der Waals surface area contributed by atoms with Crippen molar-refractivity contribution in [3.05, 3.63) is 64.5 Å². The van der Waals surface area contributed by atoms with Gasteiger partial charge in [-0.05, 0) is 18.2 Å². The second kappa shape index (κ2) is 6.95. The van der Waals surface area contributed by atoms with Gasteiger partial charge in [0.1, 0.15) is 0 Å². The van der Waals surface area contributed by atoms with Gasteiger partial charge in [-0.3, -0.25) is 10.1 Å². The predicted molar refractivity (Wildman–Crippen MR) is 100 cm³/mol. The van der Waals surface area contributed by atoms with Gasteiger partial charge in [-0.1, -0.05) is 41.9 Å². The number of benzene rings is 2. The molecule has 0 fully saturated rings. The van der Waals surface area contributed by atoms with Crippen LogP contribution in [0.5, 0.6) is 0 Å². The van der Waals surface area contributed by atoms with Crippen molar-refractivity contribution in [2.24, 2.45) is 0 Å². The zero-order valence-corrected chi connectivity index (χ0v) is 15.5. The molecule has 128 valence electrons. The summed E-state index contributed by atoms with van der Waals surface area (Å²) in [5.41, 5.74) is 1.77. The fourth-order valence-corrected chi connectivity index (χ4v) is 3.71. The number of halogens is 1. The molecule has 0 radical (unpaired) electrons. The maximum Gasteiger partial charge on any atom is 0.259 e. The Morgan fingerprint density at radius 2 is 1.88 bits per heavy atom. The zero-order chi connectivity index (χ0) is 18.0. The van der Waals surface area contributed by atoms with Gasteiger partial charge in [-0.15, -0.1) is 11.3 Å². The Kier molecular flexibility index (Phi) is 4.89. The largest absolute Gasteiger partial charge is 0.298 e. The van der Waals surface area contributed by atoms with Crippen molar-refractivity contribution in [3.63, 3.8) is 0 Å². The third-order valence-corrected chi connectivity index (χ3v) is 5.60. The number of nitrogens with zero attached hydrogens (tertiary/aromatic N) is 1. The van der Waals surface area contributed by atoms with Gasteiger partial charge in [0.05, 0.1) is 21.2 Å². The molecule has 1 amide bonds. The number of carbonyl (C=O) groups is 1. The number of nitrogens with one attached hydrogen (secondary N) is 1. The Hall–Kier alpha value is -2.22. The van der Waals surface area contributed by atoms with Crippen LogP contribution in [0.4, 0.5) is 5.13 Å². The molecule has 0 atom stereocenters. The van der Waals surface area contributed by atoms with Crippen molar-refractivity contribution in [1.29, 1.82) is 0 Å². The van der Waals surface area contributed by atoms with E-state index in [2.05, 4.69) is 10.3 Å². The molecule has 25 heavy (non-hydrogen) atoms. The molecule has 8 heteroatoms. The van der Waals surface area contributed by atoms with Crippen molar-refractivity contribution in [3.8, 4) is 11.3 Å². The lowest BCUT2D eigenvalue weighted by atomic mass is 10.2. The minimum atomic E-state index is -3.43. The summed E-state index contributed by atoms with van der Waals surface area (Å²) in [4.78, 5) is 16.8. The van der Waals surface area contributed by atoms with Crippen LogP contribution in [0, 0.1) is 0 Å². The Morgan fingerprint density at radius 1 is 1.16 bits per heavy atom. The van der Waals surface area contributed by atoms with Crippen LogP contribution in [0.3, 0.4) is 0 Å². The molecule has 3 aromatic rings. The minimum absolute atomic E-state index is 0.0335. The van der Waals surface area contributed by atoms with Gasteiger partial charge in [0.15, 0.2) is 15.0 Å². The van der Waals surface area contributed by atoms with E-state index in [4.69, 9.17) is 11.6 Å². The van der Waals surface area contributed by atoms with Crippen LogP contribution >= 0.6 is 22.9 Å². The van der Waals surface area contributed by atoms with E-state index in [0.717, 1.165) is 17.5 Å². The van der Waals surface area contributed by atoms with Crippen LogP contribution in [0.2, 0.25) is 5.02 Å². The quantitative estimate of drug-likeness (QED) is 0.724. The van der Waals surface area contributed by atoms with Gasteiger partial charge in [-0.25, -0.2) is 13.4 Å². The predicted octanol–water partition coefficient (Wildman–Crippen LogP) is 4.12. The van der Waals surface area contributed by atoms with E-state index in [-0.39, 0.29) is 15.5 Å². The number of anilines is 1. The average Bonchev–Trinajstić information content (AvgIpc) is 3.03. The summed E-state index contributed by atoms with van der Waals surface area (Å²) >= 11 is 7.31. The maximum absolute atomic E-state index is 12.4. The number of hydrogen-bond donors (Lipinski definition) is 1. The summed E-state index contributed by atoms with van der Waals surface area (Å²) in [6.45, 7) is 0. The Labute approximate surface area is 154 Å². The summed E-state index contributed by atoms with van der Waals surface area (Å²) < 4.78 is 23.3. The number of amides is 1. The zero-order valence-electron chi connectivity index (χ0n) is 13.1. The molecule has 2 aromatic carbocycles. The fourth-order valence-electron chi connectivity index (χ4n) is 2.15. The van der Waals surface area contributed by atoms with Crippen molar-refractivity contribution >= 4 is 43.8 Å². The number of hydrogen-bond acceptors (Lipinski definition) is 5. The molecular weight excluding hydrogens is 380 g/mol. The fraction of sp³-hybridized carbons (Fsp3) is 0.0588. The Bertz CT molecular complexity index is 1030. The van der Waals surface area contributed by atoms with E-state index >= 15 is 0 Å². The standard InChI is InChI=1S/C17H13ClN2O3S2/c1-25(22,23)12-7-8-14(18)13(9-12)16(21)20-17-19-15(10-24-17)11-5-3-2-4-6-11/h2-10H,1H3,(H,19,20,21). The molecule has 0 aliphatic rings. The Morgan fingerprint density at radius 3 is 2.56 bits per heavy atom. The molecule has 0 unspecified atom stereocenters. The van der Waals surface area contributed by atoms with E-state index < -0.39 is 15.7 Å². The van der Waals surface area contributed by atoms with Crippen LogP contribution in [0.1, 0.15) is 10.4 Å². The molecule has 1 N–H and O–H groups in total. The Balaban J connectivity index is 1.85. The number of sulfone groups is 1. The highest BCUT2D eigenvalue weighted by atomic mass is 35.5. The molecule has 1 heterocycles. The summed E-state index contributed by atoms with van der Waals surface area (Å²) in [6.07, 6.45) is 1.07. The summed E-state index contributed by atoms with van der Waals surface area (Å²) in [7, 11) is -3.43. The van der Waals surface area contributed by atoms with Crippen LogP contribution in [0.25, 0.3) is 11.3 Å². The van der Waals surface area contributed by atoms with Gasteiger partial charge in [-0.2, -0.15) is 0 Å². The van der Waals surface area contributed by atoms with Crippen LogP contribution in [0.15, 0.2) is 58.8 Å². The van der Waals surface area contributed by atoms with Crippen LogP contribution in [-0.4, -0.2) is 25.6 Å². The molecule has 1 aromatic heterocycles. The van der Waals surface area contributed by atoms with E-state index in [9.17, 15) is 13.2 Å². The highest BCUT2D eigenvalue weighted by molar-refractivity contribution is 7.90. The molecule has 0 saturated carbocycles. The molecule has 0 saturated heterocycles. The van der Waals surface area contributed by atoms with Gasteiger partial charge >= 0.3 is 0 Å². The number of carbonyl (C=O) groups excluding carboxylic acids is 1. The smallest absolute Gasteiger partial charge is 0.259 e. The normalized spacial score (nSPS) is 11.3. The van der Waals surface area contributed by atoms with Gasteiger partial charge < -0.3 is 0 Å². The second-order valence-electron chi connectivity index (χ2n) is 5.27. The van der Waals surface area contributed by atoms with E-state index in [0.29, 0.717) is 5.13 Å². The summed E-state index contributed by atoms with van der Waals surface area (Å²) in [6, 6.07) is 13.6. The van der Waals surface area contributed by atoms with Crippen molar-refractivity contribution in [2.45, 2.75) is 4.90 Å². The monoisotopic (exact) mass is 392 g/mol. The van der Waals surface area contributed by atoms with E-state index in [1.54, 1.807) is 0 Å². The molecule has 5 nitrogen and oxygen atoms in total. The first kappa shape index (κ1) is 17.6. The third kappa shape index (κ3) is 4.07. The van der Waals surface area contributed by atoms with Gasteiger partial charge in [0.25, 0.3) is 5.91 Å². The van der Waals surface area contributed by atoms with Crippen molar-refractivity contribution in [1.82, 2.24) is 4.98 Å².